The topological polar surface area (TPSA) is 6.48 Å². The van der Waals surface area contributed by atoms with E-state index in [2.05, 4.69) is 254 Å². The number of aryl methyl sites for hydroxylation is 2. The van der Waals surface area contributed by atoms with E-state index in [0.29, 0.717) is 0 Å². The number of para-hydroxylation sites is 4. The summed E-state index contributed by atoms with van der Waals surface area (Å²) in [5, 5.41) is 0. The molecule has 0 amide bonds. The number of rotatable bonds is 10. The summed E-state index contributed by atoms with van der Waals surface area (Å²) in [5.41, 5.74) is 22.6. The highest BCUT2D eigenvalue weighted by Crippen LogP contribution is 2.55. The number of hydrogen-bond donors (Lipinski definition) is 0. The third-order valence-corrected chi connectivity index (χ3v) is 14.0. The zero-order valence-electron chi connectivity index (χ0n) is 37.2. The van der Waals surface area contributed by atoms with Crippen molar-refractivity contribution in [3.8, 4) is 33.4 Å². The molecule has 2 heteroatoms. The van der Waals surface area contributed by atoms with Gasteiger partial charge in [-0.25, -0.2) is 0 Å². The van der Waals surface area contributed by atoms with Crippen LogP contribution in [0.1, 0.15) is 60.1 Å². The number of hydrogen-bond acceptors (Lipinski definition) is 2. The molecule has 2 aliphatic rings. The van der Waals surface area contributed by atoms with Crippen molar-refractivity contribution in [2.24, 2.45) is 0 Å². The lowest BCUT2D eigenvalue weighted by Gasteiger charge is -2.32. The summed E-state index contributed by atoms with van der Waals surface area (Å²) in [7, 11) is 0. The van der Waals surface area contributed by atoms with Crippen molar-refractivity contribution >= 4 is 46.3 Å². The zero-order valence-corrected chi connectivity index (χ0v) is 37.2. The zero-order chi connectivity index (χ0) is 43.7. The van der Waals surface area contributed by atoms with Gasteiger partial charge in [-0.1, -0.05) is 184 Å². The summed E-state index contributed by atoms with van der Waals surface area (Å²) in [4.78, 5) is 4.88. The van der Waals surface area contributed by atoms with Crippen LogP contribution in [-0.2, 0) is 18.3 Å². The van der Waals surface area contributed by atoms with E-state index < -0.39 is 0 Å². The van der Waals surface area contributed by atoms with Gasteiger partial charge in [-0.2, -0.15) is 0 Å². The Morgan fingerprint density at radius 3 is 1.52 bits per heavy atom. The fraction of sp³-hybridized carbons (Fsp3) is 0.111. The van der Waals surface area contributed by atoms with Crippen molar-refractivity contribution in [1.82, 2.24) is 0 Å². The number of benzene rings is 9. The van der Waals surface area contributed by atoms with Crippen LogP contribution in [0.3, 0.4) is 0 Å². The largest absolute Gasteiger partial charge is 0.310 e. The van der Waals surface area contributed by atoms with Crippen LogP contribution in [0.2, 0.25) is 0 Å². The molecular formula is C63H52N2. The van der Waals surface area contributed by atoms with E-state index >= 15 is 0 Å². The molecule has 0 saturated carbocycles. The summed E-state index contributed by atoms with van der Waals surface area (Å²) in [5.74, 6) is 0. The fourth-order valence-electron chi connectivity index (χ4n) is 10.6. The van der Waals surface area contributed by atoms with Crippen molar-refractivity contribution in [2.45, 2.75) is 44.9 Å². The summed E-state index contributed by atoms with van der Waals surface area (Å²) < 4.78 is 0. The number of anilines is 6. The molecule has 0 N–H and O–H groups in total. The molecule has 2 nitrogen and oxygen atoms in total. The summed E-state index contributed by atoms with van der Waals surface area (Å²) >= 11 is 0. The molecule has 0 radical (unpaired) electrons. The molecule has 1 aliphatic heterocycles. The molecule has 0 saturated heterocycles. The van der Waals surface area contributed by atoms with Gasteiger partial charge < -0.3 is 9.80 Å². The lowest BCUT2D eigenvalue weighted by molar-refractivity contribution is 0.490. The molecule has 0 atom stereocenters. The first-order valence-electron chi connectivity index (χ1n) is 23.3. The summed E-state index contributed by atoms with van der Waals surface area (Å²) in [6, 6.07) is 80.4. The van der Waals surface area contributed by atoms with E-state index in [0.717, 1.165) is 37.1 Å². The minimum absolute atomic E-state index is 0.0778. The molecule has 0 aromatic heterocycles. The highest BCUT2D eigenvalue weighted by atomic mass is 15.2. The monoisotopic (exact) mass is 836 g/mol. The van der Waals surface area contributed by atoms with Crippen LogP contribution in [0.4, 0.5) is 34.1 Å². The normalized spacial score (nSPS) is 13.4. The van der Waals surface area contributed by atoms with Gasteiger partial charge in [-0.3, -0.25) is 0 Å². The van der Waals surface area contributed by atoms with Crippen LogP contribution in [0.25, 0.3) is 45.5 Å². The SMILES string of the molecule is CCC1(CC)c2cc(/C=C/c3ccc(-c4cc(-c5ccccc5)ccc4N4c5ccccc5CCc5ccccc54)cc3)ccc2-c2ccc(N(c3ccccc3)c3ccccc3)cc21. The quantitative estimate of drug-likeness (QED) is 0.127. The van der Waals surface area contributed by atoms with Crippen LogP contribution in [0.15, 0.2) is 218 Å². The Balaban J connectivity index is 0.936. The van der Waals surface area contributed by atoms with E-state index in [4.69, 9.17) is 0 Å². The van der Waals surface area contributed by atoms with Gasteiger partial charge in [0.2, 0.25) is 0 Å². The summed E-state index contributed by atoms with van der Waals surface area (Å²) in [6.07, 6.45) is 8.64. The maximum absolute atomic E-state index is 2.50. The van der Waals surface area contributed by atoms with Crippen molar-refractivity contribution in [3.05, 3.63) is 252 Å². The van der Waals surface area contributed by atoms with Crippen LogP contribution in [0, 0.1) is 0 Å². The first-order valence-corrected chi connectivity index (χ1v) is 23.3. The maximum Gasteiger partial charge on any atom is 0.0540 e. The Hall–Kier alpha value is -7.68. The van der Waals surface area contributed by atoms with Gasteiger partial charge in [0.15, 0.2) is 0 Å². The second-order valence-corrected chi connectivity index (χ2v) is 17.5. The van der Waals surface area contributed by atoms with Crippen LogP contribution in [0.5, 0.6) is 0 Å². The fourth-order valence-corrected chi connectivity index (χ4v) is 10.6. The van der Waals surface area contributed by atoms with Gasteiger partial charge >= 0.3 is 0 Å². The molecule has 1 aliphatic carbocycles. The molecule has 0 fully saturated rings. The minimum Gasteiger partial charge on any atom is -0.310 e. The van der Waals surface area contributed by atoms with Crippen molar-refractivity contribution in [3.63, 3.8) is 0 Å². The Morgan fingerprint density at radius 1 is 0.400 bits per heavy atom. The highest BCUT2D eigenvalue weighted by Gasteiger charge is 2.41. The Labute approximate surface area is 384 Å². The predicted molar refractivity (Wildman–Crippen MR) is 276 cm³/mol. The number of nitrogens with zero attached hydrogens (tertiary/aromatic N) is 2. The van der Waals surface area contributed by atoms with Crippen LogP contribution < -0.4 is 9.80 Å². The molecule has 0 bridgehead atoms. The van der Waals surface area contributed by atoms with Gasteiger partial charge in [0, 0.05) is 39.4 Å². The molecule has 9 aromatic carbocycles. The maximum atomic E-state index is 2.50. The molecule has 0 spiro atoms. The van der Waals surface area contributed by atoms with Crippen molar-refractivity contribution < 1.29 is 0 Å². The van der Waals surface area contributed by atoms with E-state index in [9.17, 15) is 0 Å². The third-order valence-electron chi connectivity index (χ3n) is 14.0. The number of fused-ring (bicyclic) bond motifs is 5. The summed E-state index contributed by atoms with van der Waals surface area (Å²) in [6.45, 7) is 4.72. The van der Waals surface area contributed by atoms with Gasteiger partial charge in [0.25, 0.3) is 0 Å². The first-order chi connectivity index (χ1) is 32.1. The standard InChI is InChI=1S/C63H52N2/c1-3-63(4-2)58-42-46(32-39-55(58)56-40-38-54(44-59(56)63)64(52-22-10-6-11-23-52)53-24-12-7-13-25-53)29-28-45-30-33-48(34-31-45)57-43-51(47-18-8-5-9-19-47)37-41-62(57)65-60-26-16-14-20-49(60)35-36-50-21-15-17-27-61(50)65/h5-34,37-44H,3-4,35-36H2,1-2H3/b29-28+. The second kappa shape index (κ2) is 17.1. The predicted octanol–water partition coefficient (Wildman–Crippen LogP) is 17.3. The van der Waals surface area contributed by atoms with Crippen molar-refractivity contribution in [1.29, 1.82) is 0 Å². The van der Waals surface area contributed by atoms with Gasteiger partial charge in [0.05, 0.1) is 5.69 Å². The van der Waals surface area contributed by atoms with Crippen LogP contribution >= 0.6 is 0 Å². The van der Waals surface area contributed by atoms with Gasteiger partial charge in [0.1, 0.15) is 0 Å². The van der Waals surface area contributed by atoms with E-state index in [1.54, 1.807) is 0 Å². The lowest BCUT2D eigenvalue weighted by Crippen LogP contribution is -2.23. The van der Waals surface area contributed by atoms with E-state index in [1.165, 1.54) is 89.5 Å². The van der Waals surface area contributed by atoms with E-state index in [-0.39, 0.29) is 5.41 Å². The highest BCUT2D eigenvalue weighted by molar-refractivity contribution is 5.93. The molecule has 65 heavy (non-hydrogen) atoms. The molecule has 1 heterocycles. The van der Waals surface area contributed by atoms with Crippen molar-refractivity contribution in [2.75, 3.05) is 9.80 Å². The average Bonchev–Trinajstić information content (AvgIpc) is 3.53. The molecule has 11 rings (SSSR count). The third kappa shape index (κ3) is 7.26. The Morgan fingerprint density at radius 2 is 0.908 bits per heavy atom. The average molecular weight is 837 g/mol. The smallest absolute Gasteiger partial charge is 0.0540 e. The molecule has 0 unspecified atom stereocenters. The van der Waals surface area contributed by atoms with Crippen LogP contribution in [-0.4, -0.2) is 0 Å². The minimum atomic E-state index is -0.0778. The lowest BCUT2D eigenvalue weighted by atomic mass is 9.73. The molecule has 314 valence electrons. The Bertz CT molecular complexity index is 3070. The Kier molecular flexibility index (Phi) is 10.6. The van der Waals surface area contributed by atoms with Gasteiger partial charge in [-0.15, -0.1) is 0 Å². The molecule has 9 aromatic rings. The van der Waals surface area contributed by atoms with E-state index in [1.807, 2.05) is 0 Å². The second-order valence-electron chi connectivity index (χ2n) is 17.5. The first kappa shape index (κ1) is 40.1. The van der Waals surface area contributed by atoms with Gasteiger partial charge in [-0.05, 0) is 148 Å². The molecular weight excluding hydrogens is 785 g/mol.